The molecule has 3 heterocycles. The quantitative estimate of drug-likeness (QED) is 0.737. The lowest BCUT2D eigenvalue weighted by Crippen LogP contribution is -2.37. The minimum absolute atomic E-state index is 0.120. The van der Waals surface area contributed by atoms with Crippen LogP contribution in [0.2, 0.25) is 0 Å². The van der Waals surface area contributed by atoms with Crippen LogP contribution in [-0.4, -0.2) is 21.0 Å². The van der Waals surface area contributed by atoms with Crippen LogP contribution in [0.3, 0.4) is 0 Å². The van der Waals surface area contributed by atoms with Crippen molar-refractivity contribution in [3.63, 3.8) is 0 Å². The smallest absolute Gasteiger partial charge is 0.170 e. The number of pyridine rings is 1. The predicted octanol–water partition coefficient (Wildman–Crippen LogP) is 4.82. The zero-order valence-electron chi connectivity index (χ0n) is 12.6. The van der Waals surface area contributed by atoms with E-state index < -0.39 is 0 Å². The third-order valence-corrected chi connectivity index (χ3v) is 6.76. The van der Waals surface area contributed by atoms with Crippen LogP contribution in [0.1, 0.15) is 48.3 Å². The molecule has 1 N–H and O–H groups in total. The minimum Gasteiger partial charge on any atom is -0.352 e. The van der Waals surface area contributed by atoms with Crippen LogP contribution in [0.5, 0.6) is 0 Å². The average molecular weight is 408 g/mol. The molecule has 2 atom stereocenters. The molecule has 2 fully saturated rings. The van der Waals surface area contributed by atoms with Gasteiger partial charge < -0.3 is 10.2 Å². The van der Waals surface area contributed by atoms with Crippen LogP contribution in [-0.2, 0) is 0 Å². The SMILES string of the molecule is S=C1N[C@@H](c2ccccn2)[C@@H](c2ccc(Br)s2)N1C1CCCC1. The van der Waals surface area contributed by atoms with E-state index in [1.54, 1.807) is 11.3 Å². The first kappa shape index (κ1) is 15.5. The highest BCUT2D eigenvalue weighted by Crippen LogP contribution is 2.45. The fourth-order valence-corrected chi connectivity index (χ4v) is 5.68. The van der Waals surface area contributed by atoms with E-state index in [0.29, 0.717) is 6.04 Å². The Hall–Kier alpha value is -0.980. The number of thiophene rings is 1. The lowest BCUT2D eigenvalue weighted by Gasteiger charge is -2.32. The molecule has 2 aromatic rings. The van der Waals surface area contributed by atoms with Gasteiger partial charge in [0, 0.05) is 17.1 Å². The van der Waals surface area contributed by atoms with Gasteiger partial charge in [-0.1, -0.05) is 18.9 Å². The van der Waals surface area contributed by atoms with Crippen molar-refractivity contribution in [1.82, 2.24) is 15.2 Å². The number of hydrogen-bond acceptors (Lipinski definition) is 3. The van der Waals surface area contributed by atoms with Crippen molar-refractivity contribution in [2.75, 3.05) is 0 Å². The summed E-state index contributed by atoms with van der Waals surface area (Å²) in [5, 5.41) is 4.42. The second-order valence-corrected chi connectivity index (χ2v) is 9.00. The summed E-state index contributed by atoms with van der Waals surface area (Å²) in [6.45, 7) is 0. The highest BCUT2D eigenvalue weighted by atomic mass is 79.9. The van der Waals surface area contributed by atoms with E-state index in [2.05, 4.69) is 49.3 Å². The molecule has 2 aliphatic rings. The van der Waals surface area contributed by atoms with Crippen molar-refractivity contribution in [3.05, 3.63) is 50.9 Å². The van der Waals surface area contributed by atoms with Gasteiger partial charge in [0.15, 0.2) is 5.11 Å². The van der Waals surface area contributed by atoms with Gasteiger partial charge >= 0.3 is 0 Å². The zero-order valence-corrected chi connectivity index (χ0v) is 15.8. The fourth-order valence-electron chi connectivity index (χ4n) is 3.73. The first-order valence-corrected chi connectivity index (χ1v) is 10.0. The molecule has 0 radical (unpaired) electrons. The van der Waals surface area contributed by atoms with Crippen LogP contribution in [0.4, 0.5) is 0 Å². The topological polar surface area (TPSA) is 28.2 Å². The third kappa shape index (κ3) is 2.92. The van der Waals surface area contributed by atoms with Crippen LogP contribution in [0.15, 0.2) is 40.3 Å². The predicted molar refractivity (Wildman–Crippen MR) is 102 cm³/mol. The summed E-state index contributed by atoms with van der Waals surface area (Å²) in [4.78, 5) is 8.37. The molecule has 1 aliphatic heterocycles. The lowest BCUT2D eigenvalue weighted by molar-refractivity contribution is 0.249. The molecule has 4 rings (SSSR count). The summed E-state index contributed by atoms with van der Waals surface area (Å²) in [7, 11) is 0. The van der Waals surface area contributed by atoms with Crippen molar-refractivity contribution in [2.24, 2.45) is 0 Å². The Balaban J connectivity index is 1.75. The van der Waals surface area contributed by atoms with Gasteiger partial charge in [-0.2, -0.15) is 0 Å². The number of nitrogens with zero attached hydrogens (tertiary/aromatic N) is 2. The Morgan fingerprint density at radius 3 is 2.70 bits per heavy atom. The summed E-state index contributed by atoms with van der Waals surface area (Å²) in [6, 6.07) is 11.3. The molecular weight excluding hydrogens is 390 g/mol. The Labute approximate surface area is 154 Å². The molecule has 0 spiro atoms. The van der Waals surface area contributed by atoms with Gasteiger partial charge in [-0.3, -0.25) is 4.98 Å². The van der Waals surface area contributed by atoms with Crippen LogP contribution >= 0.6 is 39.5 Å². The molecule has 23 heavy (non-hydrogen) atoms. The maximum Gasteiger partial charge on any atom is 0.170 e. The summed E-state index contributed by atoms with van der Waals surface area (Å²) in [5.41, 5.74) is 1.06. The molecule has 6 heteroatoms. The van der Waals surface area contributed by atoms with Gasteiger partial charge in [0.25, 0.3) is 0 Å². The Bertz CT molecular complexity index is 697. The molecule has 0 aromatic carbocycles. The molecule has 1 saturated carbocycles. The standard InChI is InChI=1S/C17H18BrN3S2/c18-14-9-8-13(23-14)16-15(12-7-3-4-10-19-12)20-17(22)21(16)11-5-1-2-6-11/h3-4,7-11,15-16H,1-2,5-6H2,(H,20,22)/t15-,16+/m0/s1. The molecule has 2 aromatic heterocycles. The highest BCUT2D eigenvalue weighted by molar-refractivity contribution is 9.11. The summed E-state index contributed by atoms with van der Waals surface area (Å²) in [5.74, 6) is 0. The highest BCUT2D eigenvalue weighted by Gasteiger charge is 2.44. The number of halogens is 1. The van der Waals surface area contributed by atoms with Gasteiger partial charge in [0.1, 0.15) is 0 Å². The second kappa shape index (κ2) is 6.49. The Kier molecular flexibility index (Phi) is 4.39. The number of aromatic nitrogens is 1. The maximum atomic E-state index is 5.72. The van der Waals surface area contributed by atoms with Crippen molar-refractivity contribution >= 4 is 44.6 Å². The van der Waals surface area contributed by atoms with E-state index in [4.69, 9.17) is 12.2 Å². The molecule has 0 bridgehead atoms. The molecule has 3 nitrogen and oxygen atoms in total. The third-order valence-electron chi connectivity index (χ3n) is 4.74. The van der Waals surface area contributed by atoms with Gasteiger partial charge in [0.05, 0.1) is 21.6 Å². The Morgan fingerprint density at radius 2 is 2.04 bits per heavy atom. The minimum atomic E-state index is 0.120. The second-order valence-electron chi connectivity index (χ2n) is 6.11. The first-order chi connectivity index (χ1) is 11.2. The number of hydrogen-bond donors (Lipinski definition) is 1. The van der Waals surface area contributed by atoms with E-state index in [1.165, 1.54) is 30.6 Å². The van der Waals surface area contributed by atoms with Crippen molar-refractivity contribution < 1.29 is 0 Å². The van der Waals surface area contributed by atoms with Gasteiger partial charge in [-0.05, 0) is 65.3 Å². The van der Waals surface area contributed by atoms with Crippen molar-refractivity contribution in [1.29, 1.82) is 0 Å². The average Bonchev–Trinajstić information content (AvgIpc) is 3.27. The summed E-state index contributed by atoms with van der Waals surface area (Å²) in [6.07, 6.45) is 6.94. The first-order valence-electron chi connectivity index (χ1n) is 7.99. The molecule has 120 valence electrons. The van der Waals surface area contributed by atoms with E-state index in [1.807, 2.05) is 18.3 Å². The molecule has 0 unspecified atom stereocenters. The number of thiocarbonyl (C=S) groups is 1. The molecule has 0 amide bonds. The van der Waals surface area contributed by atoms with Crippen LogP contribution < -0.4 is 5.32 Å². The molecular formula is C17H18BrN3S2. The molecule has 1 saturated heterocycles. The monoisotopic (exact) mass is 407 g/mol. The fraction of sp³-hybridized carbons (Fsp3) is 0.412. The lowest BCUT2D eigenvalue weighted by atomic mass is 10.0. The van der Waals surface area contributed by atoms with Gasteiger partial charge in [-0.15, -0.1) is 11.3 Å². The van der Waals surface area contributed by atoms with Crippen molar-refractivity contribution in [3.8, 4) is 0 Å². The van der Waals surface area contributed by atoms with Gasteiger partial charge in [-0.25, -0.2) is 0 Å². The summed E-state index contributed by atoms with van der Waals surface area (Å²) >= 11 is 11.1. The van der Waals surface area contributed by atoms with E-state index in [-0.39, 0.29) is 12.1 Å². The van der Waals surface area contributed by atoms with Crippen molar-refractivity contribution in [2.45, 2.75) is 43.8 Å². The maximum absolute atomic E-state index is 5.72. The van der Waals surface area contributed by atoms with E-state index >= 15 is 0 Å². The van der Waals surface area contributed by atoms with Crippen LogP contribution in [0.25, 0.3) is 0 Å². The summed E-state index contributed by atoms with van der Waals surface area (Å²) < 4.78 is 1.16. The number of nitrogens with one attached hydrogen (secondary N) is 1. The zero-order chi connectivity index (χ0) is 15.8. The largest absolute Gasteiger partial charge is 0.352 e. The Morgan fingerprint density at radius 1 is 1.22 bits per heavy atom. The normalized spacial score (nSPS) is 25.1. The molecule has 1 aliphatic carbocycles. The van der Waals surface area contributed by atoms with E-state index in [9.17, 15) is 0 Å². The number of rotatable bonds is 3. The van der Waals surface area contributed by atoms with Crippen LogP contribution in [0, 0.1) is 0 Å². The van der Waals surface area contributed by atoms with E-state index in [0.717, 1.165) is 14.6 Å². The van der Waals surface area contributed by atoms with Gasteiger partial charge in [0.2, 0.25) is 0 Å².